The number of carbonyl (C=O) groups is 3. The Hall–Kier alpha value is -6.48. The fraction of sp³-hybridized carbons (Fsp3) is 0.573. The molecule has 1 amide bonds. The summed E-state index contributed by atoms with van der Waals surface area (Å²) in [5, 5.41) is 13.4. The summed E-state index contributed by atoms with van der Waals surface area (Å²) in [6.07, 6.45) is 35.4. The molecule has 2 atom stereocenters. The number of aryl methyl sites for hydroxylation is 1. The maximum absolute atomic E-state index is 11.6. The number of allylic oxidation sites excluding steroid dienone is 4. The number of amides is 1. The molecule has 12 nitrogen and oxygen atoms in total. The molecule has 0 spiro atoms. The van der Waals surface area contributed by atoms with E-state index in [1.54, 1.807) is 24.4 Å². The van der Waals surface area contributed by atoms with Crippen molar-refractivity contribution in [2.45, 2.75) is 239 Å². The third-order valence-corrected chi connectivity index (χ3v) is 16.0. The number of aromatic nitrogens is 8. The molecule has 0 aromatic carbocycles. The van der Waals surface area contributed by atoms with Gasteiger partial charge in [0.2, 0.25) is 5.91 Å². The minimum absolute atomic E-state index is 0.0707. The molecular formula is C75H115N9O3S2. The molecule has 2 unspecified atom stereocenters. The van der Waals surface area contributed by atoms with Gasteiger partial charge >= 0.3 is 0 Å². The predicted octanol–water partition coefficient (Wildman–Crippen LogP) is 18.7. The number of likely N-dealkylation sites (tertiary alicyclic amines) is 1. The van der Waals surface area contributed by atoms with Crippen molar-refractivity contribution >= 4 is 52.5 Å². The largest absolute Gasteiger partial charge is 0.339 e. The molecule has 6 heterocycles. The molecule has 3 aliphatic rings. The molecule has 8 rings (SSSR count). The van der Waals surface area contributed by atoms with Crippen LogP contribution in [0.15, 0.2) is 97.3 Å². The zero-order valence-electron chi connectivity index (χ0n) is 59.7. The van der Waals surface area contributed by atoms with Gasteiger partial charge < -0.3 is 9.47 Å². The first-order chi connectivity index (χ1) is 40.7. The van der Waals surface area contributed by atoms with Gasteiger partial charge in [-0.2, -0.15) is 14.6 Å². The highest BCUT2D eigenvalue weighted by atomic mass is 32.1. The van der Waals surface area contributed by atoms with Gasteiger partial charge in [-0.25, -0.2) is 9.97 Å². The summed E-state index contributed by atoms with van der Waals surface area (Å²) < 4.78 is 10.1. The Morgan fingerprint density at radius 1 is 0.708 bits per heavy atom. The highest BCUT2D eigenvalue weighted by Crippen LogP contribution is 2.35. The zero-order valence-corrected chi connectivity index (χ0v) is 61.4. The molecule has 0 radical (unpaired) electrons. The van der Waals surface area contributed by atoms with Gasteiger partial charge in [0.25, 0.3) is 0 Å². The second-order valence-corrected chi connectivity index (χ2v) is 32.4. The van der Waals surface area contributed by atoms with E-state index in [1.807, 2.05) is 89.5 Å². The Morgan fingerprint density at radius 3 is 1.63 bits per heavy atom. The third-order valence-electron chi connectivity index (χ3n) is 14.6. The summed E-state index contributed by atoms with van der Waals surface area (Å²) in [6, 6.07) is 3.98. The highest BCUT2D eigenvalue weighted by Gasteiger charge is 2.33. The Balaban J connectivity index is 0.000000509. The fourth-order valence-electron chi connectivity index (χ4n) is 8.94. The number of imidazole rings is 1. The first-order valence-corrected chi connectivity index (χ1v) is 33.0. The lowest BCUT2D eigenvalue weighted by molar-refractivity contribution is -0.125. The van der Waals surface area contributed by atoms with Crippen molar-refractivity contribution in [1.82, 2.24) is 43.4 Å². The number of ketones is 2. The van der Waals surface area contributed by atoms with Crippen molar-refractivity contribution in [2.24, 2.45) is 28.1 Å². The van der Waals surface area contributed by atoms with Gasteiger partial charge in [0.1, 0.15) is 11.5 Å². The van der Waals surface area contributed by atoms with Crippen LogP contribution < -0.4 is 0 Å². The normalized spacial score (nSPS) is 15.8. The van der Waals surface area contributed by atoms with Gasteiger partial charge in [0.15, 0.2) is 16.6 Å². The molecule has 5 aromatic heterocycles. The monoisotopic (exact) mass is 1250 g/mol. The highest BCUT2D eigenvalue weighted by molar-refractivity contribution is 7.10. The number of nitrogens with zero attached hydrogens (tertiary/aromatic N) is 9. The summed E-state index contributed by atoms with van der Waals surface area (Å²) in [6.45, 7) is 65.7. The lowest BCUT2D eigenvalue weighted by Crippen LogP contribution is -2.29. The molecule has 0 N–H and O–H groups in total. The Kier molecular flexibility index (Phi) is 31.3. The molecule has 0 saturated carbocycles. The van der Waals surface area contributed by atoms with E-state index in [0.29, 0.717) is 22.9 Å². The molecule has 1 aliphatic heterocycles. The van der Waals surface area contributed by atoms with Crippen molar-refractivity contribution in [3.8, 4) is 24.7 Å². The molecule has 2 aliphatic carbocycles. The molecule has 5 aromatic rings. The summed E-state index contributed by atoms with van der Waals surface area (Å²) >= 11 is 2.95. The van der Waals surface area contributed by atoms with E-state index in [2.05, 4.69) is 212 Å². The SMILES string of the molecule is C#Cc1nc(C(C)(C)C)cs1.C#Cc1nscc1C(C)(C)C.C=CC(=O)N1CCC(C(C)(C)C)C1.C=Cc1ccn(C(C)(C)C)n1.C=Cc1nccn1C(C)(C)C.CC(C)(C)C(=O)C1=CCCC1.CC(C)(C)C1CCC=CC1=O.Cc1ccn(C(C)(C)C)n1. The maximum Gasteiger partial charge on any atom is 0.245 e. The van der Waals surface area contributed by atoms with Gasteiger partial charge in [-0.3, -0.25) is 23.7 Å². The van der Waals surface area contributed by atoms with Crippen LogP contribution in [0, 0.1) is 59.7 Å². The van der Waals surface area contributed by atoms with Crippen LogP contribution in [0.25, 0.3) is 12.2 Å². The summed E-state index contributed by atoms with van der Waals surface area (Å²) in [7, 11) is 0. The molecule has 1 saturated heterocycles. The smallest absolute Gasteiger partial charge is 0.245 e. The number of thiazole rings is 1. The van der Waals surface area contributed by atoms with Crippen molar-refractivity contribution in [2.75, 3.05) is 13.1 Å². The van der Waals surface area contributed by atoms with Crippen molar-refractivity contribution < 1.29 is 14.4 Å². The molecule has 89 heavy (non-hydrogen) atoms. The van der Waals surface area contributed by atoms with Gasteiger partial charge in [0.05, 0.1) is 28.2 Å². The molecular weight excluding hydrogens is 1140 g/mol. The second kappa shape index (κ2) is 34.6. The Labute approximate surface area is 548 Å². The van der Waals surface area contributed by atoms with Crippen LogP contribution in [-0.2, 0) is 41.8 Å². The number of Topliss-reactive ketones (excluding diaryl/α,β-unsaturated/α-hetero) is 1. The molecule has 1 fully saturated rings. The first-order valence-electron chi connectivity index (χ1n) is 31.2. The molecule has 490 valence electrons. The zero-order chi connectivity index (χ0) is 68.7. The van der Waals surface area contributed by atoms with Crippen molar-refractivity contribution in [1.29, 1.82) is 0 Å². The van der Waals surface area contributed by atoms with Crippen LogP contribution >= 0.6 is 22.9 Å². The number of terminal acetylenes is 2. The Morgan fingerprint density at radius 2 is 1.30 bits per heavy atom. The Bertz CT molecular complexity index is 3170. The van der Waals surface area contributed by atoms with Crippen molar-refractivity contribution in [3.05, 3.63) is 136 Å². The van der Waals surface area contributed by atoms with E-state index < -0.39 is 0 Å². The van der Waals surface area contributed by atoms with E-state index in [-0.39, 0.29) is 50.1 Å². The van der Waals surface area contributed by atoms with E-state index >= 15 is 0 Å². The van der Waals surface area contributed by atoms with Crippen LogP contribution in [0.4, 0.5) is 0 Å². The minimum atomic E-state index is -0.184. The molecule has 0 bridgehead atoms. The van der Waals surface area contributed by atoms with Crippen LogP contribution in [0.2, 0.25) is 0 Å². The maximum atomic E-state index is 11.6. The number of hydrogen-bond donors (Lipinski definition) is 0. The topological polar surface area (TPSA) is 134 Å². The number of carbonyl (C=O) groups excluding carboxylic acids is 3. The summed E-state index contributed by atoms with van der Waals surface area (Å²) in [4.78, 5) is 44.6. The van der Waals surface area contributed by atoms with Gasteiger partial charge in [-0.1, -0.05) is 136 Å². The lowest BCUT2D eigenvalue weighted by Gasteiger charge is -2.29. The first kappa shape index (κ1) is 80.5. The quantitative estimate of drug-likeness (QED) is 0.128. The van der Waals surface area contributed by atoms with Crippen LogP contribution in [0.1, 0.15) is 244 Å². The number of hydrogen-bond acceptors (Lipinski definition) is 10. The van der Waals surface area contributed by atoms with E-state index in [1.165, 1.54) is 34.5 Å². The predicted molar refractivity (Wildman–Crippen MR) is 381 cm³/mol. The summed E-state index contributed by atoms with van der Waals surface area (Å²) in [5.74, 6) is 7.63. The third kappa shape index (κ3) is 28.9. The average molecular weight is 1250 g/mol. The second-order valence-electron chi connectivity index (χ2n) is 30.9. The average Bonchev–Trinajstić information content (AvgIpc) is 2.83. The standard InChI is InChI=1S/C11H19NO.2C10H16O.2C9H14N2.2C9H11NS.C8H14N2/c1-5-10(13)12-7-6-9(8-12)11(2,3)4;1-10(2,3)8-6-4-5-7-9(8)11;1-10(2,3)9(11)8-6-4-5-7-8;1-5-8-10-6-7-11(8)9(2,3)4;1-5-8-6-7-11(10-8)9(2,3)4;1-5-8-10-7(6-11-8)9(2,3)4;1-5-8-7(6-11-10-8)9(2,3)4;1-7-5-6-10(9-7)8(2,3)4/h5,9H,1,6-8H2,2-4H3;5,7-8H,4,6H2,1-3H3;6H,4-5,7H2,1-3H3;2*5-7H,1H2,2-4H3;2*1,6H,2-4H3;5-6H,1-4H3. The fourth-order valence-corrected chi connectivity index (χ4v) is 10.7. The van der Waals surface area contributed by atoms with Gasteiger partial charge in [0, 0.05) is 76.5 Å². The van der Waals surface area contributed by atoms with E-state index in [4.69, 9.17) is 12.8 Å². The van der Waals surface area contributed by atoms with E-state index in [0.717, 1.165) is 90.8 Å². The van der Waals surface area contributed by atoms with Gasteiger partial charge in [-0.15, -0.1) is 24.2 Å². The van der Waals surface area contributed by atoms with Crippen LogP contribution in [0.5, 0.6) is 0 Å². The van der Waals surface area contributed by atoms with E-state index in [9.17, 15) is 14.4 Å². The van der Waals surface area contributed by atoms with Crippen LogP contribution in [-0.4, -0.2) is 73.9 Å². The molecule has 14 heteroatoms. The summed E-state index contributed by atoms with van der Waals surface area (Å²) in [5.41, 5.74) is 6.90. The van der Waals surface area contributed by atoms with Crippen LogP contribution in [0.3, 0.4) is 0 Å². The lowest BCUT2D eigenvalue weighted by atomic mass is 9.74. The minimum Gasteiger partial charge on any atom is -0.339 e. The number of rotatable bonds is 4. The van der Waals surface area contributed by atoms with Crippen molar-refractivity contribution in [3.63, 3.8) is 0 Å². The van der Waals surface area contributed by atoms with Gasteiger partial charge in [-0.05, 0) is 195 Å².